The summed E-state index contributed by atoms with van der Waals surface area (Å²) >= 11 is 0. The summed E-state index contributed by atoms with van der Waals surface area (Å²) in [5, 5.41) is 6.24. The van der Waals surface area contributed by atoms with Gasteiger partial charge >= 0.3 is 0 Å². The maximum absolute atomic E-state index is 11.6. The highest BCUT2D eigenvalue weighted by Crippen LogP contribution is 2.19. The standard InChI is InChI=1S/C14H30N4O3S/c1-7-15-13(16-10-12(19)18(4)5)17-11-14(2,3)8-9-22(6,20)21/h7-11H2,1-6H3,(H2,15,16,17). The third-order valence-electron chi connectivity index (χ3n) is 3.10. The fraction of sp³-hybridized carbons (Fsp3) is 0.857. The molecule has 0 aliphatic rings. The second-order valence-electron chi connectivity index (χ2n) is 6.38. The van der Waals surface area contributed by atoms with E-state index >= 15 is 0 Å². The van der Waals surface area contributed by atoms with Crippen LogP contribution in [0.15, 0.2) is 4.99 Å². The summed E-state index contributed by atoms with van der Waals surface area (Å²) in [5.41, 5.74) is -0.190. The first-order valence-corrected chi connectivity index (χ1v) is 9.43. The first-order valence-electron chi connectivity index (χ1n) is 7.37. The number of amides is 1. The molecule has 0 radical (unpaired) electrons. The van der Waals surface area contributed by atoms with Crippen molar-refractivity contribution in [3.8, 4) is 0 Å². The normalized spacial score (nSPS) is 12.9. The van der Waals surface area contributed by atoms with Gasteiger partial charge in [0.25, 0.3) is 0 Å². The molecule has 0 aromatic carbocycles. The molecule has 0 saturated heterocycles. The molecule has 0 aliphatic carbocycles. The Balaban J connectivity index is 4.56. The van der Waals surface area contributed by atoms with E-state index in [1.807, 2.05) is 20.8 Å². The van der Waals surface area contributed by atoms with Gasteiger partial charge in [-0.05, 0) is 18.8 Å². The summed E-state index contributed by atoms with van der Waals surface area (Å²) in [4.78, 5) is 17.3. The molecule has 130 valence electrons. The molecule has 0 spiro atoms. The molecule has 1 amide bonds. The lowest BCUT2D eigenvalue weighted by molar-refractivity contribution is -0.127. The van der Waals surface area contributed by atoms with Crippen molar-refractivity contribution in [3.05, 3.63) is 0 Å². The van der Waals surface area contributed by atoms with E-state index in [1.54, 1.807) is 14.1 Å². The molecule has 0 rings (SSSR count). The van der Waals surface area contributed by atoms with Gasteiger partial charge in [0.2, 0.25) is 5.91 Å². The average molecular weight is 334 g/mol. The van der Waals surface area contributed by atoms with Gasteiger partial charge in [-0.25, -0.2) is 13.4 Å². The van der Waals surface area contributed by atoms with Crippen LogP contribution in [0, 0.1) is 5.41 Å². The predicted octanol–water partition coefficient (Wildman–Crippen LogP) is 0.0906. The Kier molecular flexibility index (Phi) is 8.44. The number of carbonyl (C=O) groups is 1. The highest BCUT2D eigenvalue weighted by molar-refractivity contribution is 7.90. The van der Waals surface area contributed by atoms with Gasteiger partial charge in [0, 0.05) is 33.4 Å². The van der Waals surface area contributed by atoms with Crippen LogP contribution in [0.25, 0.3) is 0 Å². The fourth-order valence-electron chi connectivity index (χ4n) is 1.50. The van der Waals surface area contributed by atoms with Crippen LogP contribution in [0.3, 0.4) is 0 Å². The van der Waals surface area contributed by atoms with Crippen molar-refractivity contribution in [2.24, 2.45) is 10.4 Å². The number of likely N-dealkylation sites (N-methyl/N-ethyl adjacent to an activating group) is 1. The number of rotatable bonds is 8. The zero-order valence-corrected chi connectivity index (χ0v) is 15.4. The number of sulfone groups is 1. The van der Waals surface area contributed by atoms with E-state index in [4.69, 9.17) is 0 Å². The summed E-state index contributed by atoms with van der Waals surface area (Å²) < 4.78 is 22.5. The lowest BCUT2D eigenvalue weighted by Crippen LogP contribution is -2.43. The summed E-state index contributed by atoms with van der Waals surface area (Å²) in [6.45, 7) is 7.28. The lowest BCUT2D eigenvalue weighted by Gasteiger charge is -2.25. The predicted molar refractivity (Wildman–Crippen MR) is 90.8 cm³/mol. The summed E-state index contributed by atoms with van der Waals surface area (Å²) in [5.74, 6) is 0.646. The van der Waals surface area contributed by atoms with Gasteiger partial charge in [0.15, 0.2) is 5.96 Å². The van der Waals surface area contributed by atoms with Crippen LogP contribution >= 0.6 is 0 Å². The maximum Gasteiger partial charge on any atom is 0.243 e. The Bertz CT molecular complexity index is 484. The fourth-order valence-corrected chi connectivity index (χ4v) is 2.43. The van der Waals surface area contributed by atoms with Crippen molar-refractivity contribution in [3.63, 3.8) is 0 Å². The van der Waals surface area contributed by atoms with E-state index in [1.165, 1.54) is 11.2 Å². The maximum atomic E-state index is 11.6. The molecule has 0 atom stereocenters. The molecular formula is C14H30N4O3S. The first-order chi connectivity index (χ1) is 9.97. The molecule has 0 unspecified atom stereocenters. The highest BCUT2D eigenvalue weighted by atomic mass is 32.2. The van der Waals surface area contributed by atoms with Crippen molar-refractivity contribution in [2.75, 3.05) is 45.7 Å². The van der Waals surface area contributed by atoms with E-state index in [0.29, 0.717) is 25.5 Å². The zero-order valence-electron chi connectivity index (χ0n) is 14.6. The number of aliphatic imine (C=N–C) groups is 1. The van der Waals surface area contributed by atoms with E-state index in [9.17, 15) is 13.2 Å². The van der Waals surface area contributed by atoms with Crippen molar-refractivity contribution >= 4 is 21.7 Å². The minimum Gasteiger partial charge on any atom is -0.357 e. The average Bonchev–Trinajstić information content (AvgIpc) is 2.38. The van der Waals surface area contributed by atoms with Gasteiger partial charge in [0.1, 0.15) is 16.4 Å². The third kappa shape index (κ3) is 10.4. The molecule has 0 heterocycles. The Hall–Kier alpha value is -1.31. The Morgan fingerprint density at radius 3 is 2.27 bits per heavy atom. The van der Waals surface area contributed by atoms with Crippen LogP contribution < -0.4 is 10.6 Å². The van der Waals surface area contributed by atoms with Crippen molar-refractivity contribution in [2.45, 2.75) is 27.2 Å². The zero-order chi connectivity index (χ0) is 17.4. The van der Waals surface area contributed by atoms with Crippen molar-refractivity contribution in [1.29, 1.82) is 0 Å². The number of carbonyl (C=O) groups excluding carboxylic acids is 1. The largest absolute Gasteiger partial charge is 0.357 e. The molecule has 0 aromatic heterocycles. The van der Waals surface area contributed by atoms with E-state index < -0.39 is 9.84 Å². The summed E-state index contributed by atoms with van der Waals surface area (Å²) in [7, 11) is 0.413. The van der Waals surface area contributed by atoms with Crippen LogP contribution in [-0.2, 0) is 14.6 Å². The summed E-state index contributed by atoms with van der Waals surface area (Å²) in [6, 6.07) is 0. The van der Waals surface area contributed by atoms with Gasteiger partial charge in [-0.1, -0.05) is 13.8 Å². The van der Waals surface area contributed by atoms with E-state index in [0.717, 1.165) is 0 Å². The molecular weight excluding hydrogens is 304 g/mol. The minimum atomic E-state index is -2.96. The minimum absolute atomic E-state index is 0.0754. The molecule has 0 aromatic rings. The number of hydrogen-bond acceptors (Lipinski definition) is 4. The van der Waals surface area contributed by atoms with Gasteiger partial charge < -0.3 is 15.5 Å². The van der Waals surface area contributed by atoms with Gasteiger partial charge in [0.05, 0.1) is 5.75 Å². The van der Waals surface area contributed by atoms with Crippen molar-refractivity contribution in [1.82, 2.24) is 15.5 Å². The topological polar surface area (TPSA) is 90.9 Å². The molecule has 0 aliphatic heterocycles. The van der Waals surface area contributed by atoms with Crippen LogP contribution in [0.5, 0.6) is 0 Å². The molecule has 22 heavy (non-hydrogen) atoms. The van der Waals surface area contributed by atoms with Crippen LogP contribution in [-0.4, -0.2) is 70.9 Å². The van der Waals surface area contributed by atoms with Gasteiger partial charge in [-0.2, -0.15) is 0 Å². The highest BCUT2D eigenvalue weighted by Gasteiger charge is 2.20. The van der Waals surface area contributed by atoms with E-state index in [-0.39, 0.29) is 23.6 Å². The molecule has 2 N–H and O–H groups in total. The number of nitrogens with zero attached hydrogens (tertiary/aromatic N) is 2. The lowest BCUT2D eigenvalue weighted by atomic mass is 9.90. The Morgan fingerprint density at radius 2 is 1.82 bits per heavy atom. The number of hydrogen-bond donors (Lipinski definition) is 2. The second-order valence-corrected chi connectivity index (χ2v) is 8.64. The van der Waals surface area contributed by atoms with Crippen LogP contribution in [0.4, 0.5) is 0 Å². The quantitative estimate of drug-likeness (QED) is 0.485. The van der Waals surface area contributed by atoms with Crippen LogP contribution in [0.2, 0.25) is 0 Å². The van der Waals surface area contributed by atoms with Crippen molar-refractivity contribution < 1.29 is 13.2 Å². The van der Waals surface area contributed by atoms with E-state index in [2.05, 4.69) is 15.6 Å². The monoisotopic (exact) mass is 334 g/mol. The molecule has 8 heteroatoms. The summed E-state index contributed by atoms with van der Waals surface area (Å²) in [6.07, 6.45) is 1.81. The molecule has 0 fully saturated rings. The van der Waals surface area contributed by atoms with Crippen LogP contribution in [0.1, 0.15) is 27.2 Å². The van der Waals surface area contributed by atoms with Gasteiger partial charge in [-0.15, -0.1) is 0 Å². The number of nitrogens with one attached hydrogen (secondary N) is 2. The molecule has 0 bridgehead atoms. The molecule has 7 nitrogen and oxygen atoms in total. The van der Waals surface area contributed by atoms with Gasteiger partial charge in [-0.3, -0.25) is 4.79 Å². The molecule has 0 saturated carbocycles. The Morgan fingerprint density at radius 1 is 1.23 bits per heavy atom. The smallest absolute Gasteiger partial charge is 0.243 e. The SMILES string of the molecule is CCNC(=NCC(=O)N(C)C)NCC(C)(C)CCS(C)(=O)=O. The Labute approximate surface area is 134 Å². The third-order valence-corrected chi connectivity index (χ3v) is 4.05. The second kappa shape index (κ2) is 8.97. The number of guanidine groups is 1. The first kappa shape index (κ1) is 20.7.